The first-order valence-electron chi connectivity index (χ1n) is 4.84. The number of aliphatic hydroxyl groups is 1. The van der Waals surface area contributed by atoms with Crippen molar-refractivity contribution in [1.82, 2.24) is 9.38 Å². The second-order valence-electron chi connectivity index (χ2n) is 3.46. The Labute approximate surface area is 96.5 Å². The quantitative estimate of drug-likeness (QED) is 0.859. The number of halogens is 2. The standard InChI is InChI=1S/C10H11ClFN3O/c11-10-9(7(16)3-4-13)14-8-2-1-6(12)5-15(8)10/h1-2,5,7,16H,3-4,13H2. The summed E-state index contributed by atoms with van der Waals surface area (Å²) < 4.78 is 14.4. The molecule has 1 unspecified atom stereocenters. The fourth-order valence-electron chi connectivity index (χ4n) is 1.51. The van der Waals surface area contributed by atoms with Gasteiger partial charge in [0, 0.05) is 6.20 Å². The molecule has 2 heterocycles. The molecule has 1 atom stereocenters. The van der Waals surface area contributed by atoms with Gasteiger partial charge in [-0.2, -0.15) is 0 Å². The predicted molar refractivity (Wildman–Crippen MR) is 58.8 cm³/mol. The molecule has 0 saturated carbocycles. The van der Waals surface area contributed by atoms with E-state index < -0.39 is 11.9 Å². The van der Waals surface area contributed by atoms with Crippen LogP contribution in [0, 0.1) is 5.82 Å². The molecule has 0 saturated heterocycles. The minimum atomic E-state index is -0.819. The first-order chi connectivity index (χ1) is 7.63. The number of nitrogens with two attached hydrogens (primary N) is 1. The molecule has 0 bridgehead atoms. The van der Waals surface area contributed by atoms with Gasteiger partial charge >= 0.3 is 0 Å². The SMILES string of the molecule is NCCC(O)c1nc2ccc(F)cn2c1Cl. The van der Waals surface area contributed by atoms with Gasteiger partial charge in [-0.1, -0.05) is 11.6 Å². The molecule has 0 radical (unpaired) electrons. The van der Waals surface area contributed by atoms with Gasteiger partial charge in [-0.3, -0.25) is 4.40 Å². The molecule has 3 N–H and O–H groups in total. The van der Waals surface area contributed by atoms with E-state index in [2.05, 4.69) is 4.98 Å². The summed E-state index contributed by atoms with van der Waals surface area (Å²) in [6.07, 6.45) is 0.774. The molecule has 0 aromatic carbocycles. The van der Waals surface area contributed by atoms with Crippen LogP contribution in [0.15, 0.2) is 18.3 Å². The Balaban J connectivity index is 2.51. The fourth-order valence-corrected chi connectivity index (χ4v) is 1.82. The maximum absolute atomic E-state index is 13.0. The minimum Gasteiger partial charge on any atom is -0.387 e. The molecule has 0 aliphatic heterocycles. The van der Waals surface area contributed by atoms with E-state index in [1.54, 1.807) is 0 Å². The van der Waals surface area contributed by atoms with Gasteiger partial charge in [0.15, 0.2) is 0 Å². The lowest BCUT2D eigenvalue weighted by Crippen LogP contribution is -2.07. The van der Waals surface area contributed by atoms with E-state index in [-0.39, 0.29) is 5.15 Å². The Morgan fingerprint density at radius 1 is 1.56 bits per heavy atom. The number of aromatic nitrogens is 2. The molecule has 0 spiro atoms. The number of rotatable bonds is 3. The van der Waals surface area contributed by atoms with Crippen molar-refractivity contribution < 1.29 is 9.50 Å². The first kappa shape index (κ1) is 11.3. The highest BCUT2D eigenvalue weighted by Gasteiger charge is 2.17. The molecule has 2 rings (SSSR count). The number of fused-ring (bicyclic) bond motifs is 1. The highest BCUT2D eigenvalue weighted by molar-refractivity contribution is 6.30. The van der Waals surface area contributed by atoms with E-state index in [0.29, 0.717) is 24.3 Å². The number of hydrogen-bond acceptors (Lipinski definition) is 3. The highest BCUT2D eigenvalue weighted by Crippen LogP contribution is 2.25. The predicted octanol–water partition coefficient (Wildman–Crippen LogP) is 1.51. The molecule has 0 amide bonds. The maximum Gasteiger partial charge on any atom is 0.139 e. The van der Waals surface area contributed by atoms with Crippen LogP contribution in [0.2, 0.25) is 5.15 Å². The van der Waals surface area contributed by atoms with Crippen molar-refractivity contribution in [3.63, 3.8) is 0 Å². The Hall–Kier alpha value is -1.17. The van der Waals surface area contributed by atoms with Gasteiger partial charge in [-0.25, -0.2) is 9.37 Å². The lowest BCUT2D eigenvalue weighted by molar-refractivity contribution is 0.166. The summed E-state index contributed by atoms with van der Waals surface area (Å²) in [6.45, 7) is 0.333. The topological polar surface area (TPSA) is 63.5 Å². The molecule has 6 heteroatoms. The van der Waals surface area contributed by atoms with E-state index in [9.17, 15) is 9.50 Å². The lowest BCUT2D eigenvalue weighted by Gasteiger charge is -2.05. The average molecular weight is 244 g/mol. The van der Waals surface area contributed by atoms with Gasteiger partial charge < -0.3 is 10.8 Å². The summed E-state index contributed by atoms with van der Waals surface area (Å²) >= 11 is 5.99. The van der Waals surface area contributed by atoms with Crippen molar-refractivity contribution >= 4 is 17.2 Å². The zero-order valence-electron chi connectivity index (χ0n) is 8.40. The molecule has 0 aliphatic rings. The van der Waals surface area contributed by atoms with Crippen molar-refractivity contribution in [3.05, 3.63) is 35.0 Å². The number of imidazole rings is 1. The van der Waals surface area contributed by atoms with Crippen molar-refractivity contribution in [2.24, 2.45) is 5.73 Å². The molecule has 0 aliphatic carbocycles. The molecule has 2 aromatic heterocycles. The van der Waals surface area contributed by atoms with E-state index in [1.807, 2.05) is 0 Å². The summed E-state index contributed by atoms with van der Waals surface area (Å²) in [5, 5.41) is 9.96. The molecular formula is C10H11ClFN3O. The molecule has 16 heavy (non-hydrogen) atoms. The smallest absolute Gasteiger partial charge is 0.139 e. The normalized spacial score (nSPS) is 13.2. The van der Waals surface area contributed by atoms with E-state index in [0.717, 1.165) is 0 Å². The van der Waals surface area contributed by atoms with Crippen molar-refractivity contribution in [2.45, 2.75) is 12.5 Å². The summed E-state index contributed by atoms with van der Waals surface area (Å²) in [5.74, 6) is -0.410. The van der Waals surface area contributed by atoms with Crippen LogP contribution in [0.3, 0.4) is 0 Å². The summed E-state index contributed by atoms with van der Waals surface area (Å²) in [7, 11) is 0. The van der Waals surface area contributed by atoms with Crippen LogP contribution in [-0.4, -0.2) is 21.0 Å². The Morgan fingerprint density at radius 3 is 3.00 bits per heavy atom. The van der Waals surface area contributed by atoms with Crippen molar-refractivity contribution in [1.29, 1.82) is 0 Å². The first-order valence-corrected chi connectivity index (χ1v) is 5.22. The summed E-state index contributed by atoms with van der Waals surface area (Å²) in [5.41, 5.74) is 6.17. The van der Waals surface area contributed by atoms with Crippen LogP contribution < -0.4 is 5.73 Å². The zero-order valence-corrected chi connectivity index (χ0v) is 9.15. The number of nitrogens with zero attached hydrogens (tertiary/aromatic N) is 2. The number of hydrogen-bond donors (Lipinski definition) is 2. The summed E-state index contributed by atoms with van der Waals surface area (Å²) in [6, 6.07) is 2.79. The maximum atomic E-state index is 13.0. The number of aliphatic hydroxyl groups excluding tert-OH is 1. The van der Waals surface area contributed by atoms with Crippen LogP contribution in [0.4, 0.5) is 4.39 Å². The van der Waals surface area contributed by atoms with Gasteiger partial charge in [0.05, 0.1) is 0 Å². The molecule has 86 valence electrons. The third-order valence-corrected chi connectivity index (χ3v) is 2.68. The highest BCUT2D eigenvalue weighted by atomic mass is 35.5. The van der Waals surface area contributed by atoms with E-state index >= 15 is 0 Å². The van der Waals surface area contributed by atoms with Crippen LogP contribution in [0.25, 0.3) is 5.65 Å². The van der Waals surface area contributed by atoms with Gasteiger partial charge in [0.25, 0.3) is 0 Å². The van der Waals surface area contributed by atoms with Gasteiger partial charge in [0.2, 0.25) is 0 Å². The molecular weight excluding hydrogens is 233 g/mol. The van der Waals surface area contributed by atoms with E-state index in [1.165, 1.54) is 22.7 Å². The van der Waals surface area contributed by atoms with Crippen molar-refractivity contribution in [3.8, 4) is 0 Å². The fraction of sp³-hybridized carbons (Fsp3) is 0.300. The second-order valence-corrected chi connectivity index (χ2v) is 3.81. The van der Waals surface area contributed by atoms with Gasteiger partial charge in [0.1, 0.15) is 28.4 Å². The number of pyridine rings is 1. The van der Waals surface area contributed by atoms with E-state index in [4.69, 9.17) is 17.3 Å². The van der Waals surface area contributed by atoms with Crippen LogP contribution in [-0.2, 0) is 0 Å². The lowest BCUT2D eigenvalue weighted by atomic mass is 10.2. The van der Waals surface area contributed by atoms with Crippen molar-refractivity contribution in [2.75, 3.05) is 6.54 Å². The van der Waals surface area contributed by atoms with Gasteiger partial charge in [-0.05, 0) is 25.1 Å². The third kappa shape index (κ3) is 1.89. The summed E-state index contributed by atoms with van der Waals surface area (Å²) in [4.78, 5) is 4.13. The second kappa shape index (κ2) is 4.37. The zero-order chi connectivity index (χ0) is 11.7. The van der Waals surface area contributed by atoms with Gasteiger partial charge in [-0.15, -0.1) is 0 Å². The third-order valence-electron chi connectivity index (χ3n) is 2.30. The van der Waals surface area contributed by atoms with Crippen LogP contribution in [0.5, 0.6) is 0 Å². The minimum absolute atomic E-state index is 0.218. The average Bonchev–Trinajstić information content (AvgIpc) is 2.57. The van der Waals surface area contributed by atoms with Crippen LogP contribution >= 0.6 is 11.6 Å². The molecule has 2 aromatic rings. The van der Waals surface area contributed by atoms with Crippen LogP contribution in [0.1, 0.15) is 18.2 Å². The Morgan fingerprint density at radius 2 is 2.31 bits per heavy atom. The Kier molecular flexibility index (Phi) is 3.09. The molecule has 0 fully saturated rings. The monoisotopic (exact) mass is 243 g/mol. The molecule has 4 nitrogen and oxygen atoms in total. The largest absolute Gasteiger partial charge is 0.387 e. The Bertz CT molecular complexity index is 514.